The van der Waals surface area contributed by atoms with Gasteiger partial charge >= 0.3 is 5.97 Å². The van der Waals surface area contributed by atoms with Gasteiger partial charge in [0, 0.05) is 20.3 Å². The molecule has 0 aliphatic heterocycles. The molecule has 7 heteroatoms. The third-order valence-electron chi connectivity index (χ3n) is 2.25. The van der Waals surface area contributed by atoms with Crippen molar-refractivity contribution in [3.05, 3.63) is 10.4 Å². The van der Waals surface area contributed by atoms with E-state index < -0.39 is 5.97 Å². The second kappa shape index (κ2) is 6.83. The lowest BCUT2D eigenvalue weighted by Crippen LogP contribution is -2.09. The molecule has 0 bridgehead atoms. The fraction of sp³-hybridized carbons (Fsp3) is 0.455. The van der Waals surface area contributed by atoms with Crippen molar-refractivity contribution >= 4 is 28.0 Å². The molecule has 0 saturated heterocycles. The number of nitrogens with one attached hydrogen (secondary N) is 1. The molecule has 0 aromatic carbocycles. The summed E-state index contributed by atoms with van der Waals surface area (Å²) in [7, 11) is 2.90. The number of anilines is 2. The van der Waals surface area contributed by atoms with Gasteiger partial charge in [0.1, 0.15) is 21.5 Å². The number of hydrogen-bond donors (Lipinski definition) is 2. The van der Waals surface area contributed by atoms with Crippen molar-refractivity contribution < 1.29 is 14.3 Å². The summed E-state index contributed by atoms with van der Waals surface area (Å²) in [5.41, 5.74) is 6.15. The average Bonchev–Trinajstić information content (AvgIpc) is 2.70. The highest BCUT2D eigenvalue weighted by atomic mass is 32.1. The standard InChI is InChI=1S/C11H15N3O3S/c1-16-5-3-4-14-10-8(11(15)17-2)9(13)7(6-12)18-10/h14H,3-5,13H2,1-2H3. The van der Waals surface area contributed by atoms with Crippen molar-refractivity contribution in [1.82, 2.24) is 0 Å². The van der Waals surface area contributed by atoms with Gasteiger partial charge in [-0.3, -0.25) is 0 Å². The van der Waals surface area contributed by atoms with Crippen LogP contribution in [0.4, 0.5) is 10.7 Å². The average molecular weight is 269 g/mol. The van der Waals surface area contributed by atoms with Gasteiger partial charge in [-0.25, -0.2) is 4.79 Å². The van der Waals surface area contributed by atoms with Crippen molar-refractivity contribution in [3.63, 3.8) is 0 Å². The van der Waals surface area contributed by atoms with Crippen molar-refractivity contribution in [3.8, 4) is 6.07 Å². The number of nitrogen functional groups attached to an aromatic ring is 1. The lowest BCUT2D eigenvalue weighted by Gasteiger charge is -2.06. The third kappa shape index (κ3) is 3.12. The fourth-order valence-corrected chi connectivity index (χ4v) is 2.31. The van der Waals surface area contributed by atoms with E-state index in [1.54, 1.807) is 7.11 Å². The lowest BCUT2D eigenvalue weighted by molar-refractivity contribution is 0.0603. The molecule has 18 heavy (non-hydrogen) atoms. The van der Waals surface area contributed by atoms with Gasteiger partial charge in [0.25, 0.3) is 0 Å². The van der Waals surface area contributed by atoms with Gasteiger partial charge in [0.2, 0.25) is 0 Å². The number of esters is 1. The Balaban J connectivity index is 2.89. The van der Waals surface area contributed by atoms with E-state index in [9.17, 15) is 4.79 Å². The predicted molar refractivity (Wildman–Crippen MR) is 69.8 cm³/mol. The van der Waals surface area contributed by atoms with Crippen LogP contribution in [-0.4, -0.2) is 33.3 Å². The first kappa shape index (κ1) is 14.3. The van der Waals surface area contributed by atoms with Gasteiger partial charge in [-0.2, -0.15) is 5.26 Å². The number of hydrogen-bond acceptors (Lipinski definition) is 7. The minimum atomic E-state index is -0.542. The van der Waals surface area contributed by atoms with Crippen molar-refractivity contribution in [1.29, 1.82) is 5.26 Å². The first-order valence-corrected chi connectivity index (χ1v) is 6.10. The van der Waals surface area contributed by atoms with Gasteiger partial charge in [-0.1, -0.05) is 0 Å². The third-order valence-corrected chi connectivity index (χ3v) is 3.31. The zero-order chi connectivity index (χ0) is 13.5. The molecule has 1 heterocycles. The minimum Gasteiger partial charge on any atom is -0.465 e. The van der Waals surface area contributed by atoms with Gasteiger partial charge in [-0.15, -0.1) is 11.3 Å². The molecule has 0 atom stereocenters. The summed E-state index contributed by atoms with van der Waals surface area (Å²) < 4.78 is 9.58. The van der Waals surface area contributed by atoms with Gasteiger partial charge in [0.05, 0.1) is 12.8 Å². The summed E-state index contributed by atoms with van der Waals surface area (Å²) >= 11 is 1.15. The van der Waals surface area contributed by atoms with Crippen molar-refractivity contribution in [2.24, 2.45) is 0 Å². The van der Waals surface area contributed by atoms with Crippen LogP contribution < -0.4 is 11.1 Å². The van der Waals surface area contributed by atoms with Crippen LogP contribution in [0, 0.1) is 11.3 Å². The highest BCUT2D eigenvalue weighted by Gasteiger charge is 2.22. The van der Waals surface area contributed by atoms with E-state index in [0.717, 1.165) is 17.8 Å². The summed E-state index contributed by atoms with van der Waals surface area (Å²) in [5.74, 6) is -0.542. The largest absolute Gasteiger partial charge is 0.465 e. The Morgan fingerprint density at radius 2 is 2.28 bits per heavy atom. The van der Waals surface area contributed by atoms with Crippen LogP contribution in [0.25, 0.3) is 0 Å². The molecule has 98 valence electrons. The molecule has 0 saturated carbocycles. The predicted octanol–water partition coefficient (Wildman–Crippen LogP) is 1.44. The summed E-state index contributed by atoms with van der Waals surface area (Å²) in [6.07, 6.45) is 0.788. The number of nitrogens with two attached hydrogens (primary N) is 1. The molecule has 0 aliphatic rings. The Morgan fingerprint density at radius 3 is 2.83 bits per heavy atom. The maximum atomic E-state index is 11.6. The number of nitrogens with zero attached hydrogens (tertiary/aromatic N) is 1. The number of carbonyl (C=O) groups excluding carboxylic acids is 1. The van der Waals surface area contributed by atoms with E-state index in [0.29, 0.717) is 23.0 Å². The number of thiophene rings is 1. The Labute approximate surface area is 109 Å². The number of nitriles is 1. The molecule has 1 aromatic heterocycles. The van der Waals surface area contributed by atoms with E-state index in [1.807, 2.05) is 6.07 Å². The van der Waals surface area contributed by atoms with Crippen molar-refractivity contribution in [2.45, 2.75) is 6.42 Å². The van der Waals surface area contributed by atoms with Crippen LogP contribution in [0.2, 0.25) is 0 Å². The first-order chi connectivity index (χ1) is 8.65. The number of methoxy groups -OCH3 is 2. The second-order valence-electron chi connectivity index (χ2n) is 3.43. The monoisotopic (exact) mass is 269 g/mol. The van der Waals surface area contributed by atoms with E-state index in [2.05, 4.69) is 10.1 Å². The van der Waals surface area contributed by atoms with Crippen molar-refractivity contribution in [2.75, 3.05) is 38.4 Å². The smallest absolute Gasteiger partial charge is 0.343 e. The molecular formula is C11H15N3O3S. The van der Waals surface area contributed by atoms with Crippen LogP contribution in [0.1, 0.15) is 21.7 Å². The van der Waals surface area contributed by atoms with E-state index in [4.69, 9.17) is 15.7 Å². The van der Waals surface area contributed by atoms with Crippen LogP contribution in [0.3, 0.4) is 0 Å². The van der Waals surface area contributed by atoms with Gasteiger partial charge in [0.15, 0.2) is 0 Å². The summed E-state index contributed by atoms with van der Waals surface area (Å²) in [5, 5.41) is 12.5. The SMILES string of the molecule is COCCCNc1sc(C#N)c(N)c1C(=O)OC. The lowest BCUT2D eigenvalue weighted by atomic mass is 10.2. The van der Waals surface area contributed by atoms with E-state index in [-0.39, 0.29) is 11.3 Å². The molecule has 0 fully saturated rings. The fourth-order valence-electron chi connectivity index (χ4n) is 1.37. The summed E-state index contributed by atoms with van der Waals surface area (Å²) in [6, 6.07) is 1.96. The van der Waals surface area contributed by atoms with E-state index in [1.165, 1.54) is 7.11 Å². The van der Waals surface area contributed by atoms with Gasteiger partial charge < -0.3 is 20.5 Å². The number of rotatable bonds is 6. The Kier molecular flexibility index (Phi) is 5.42. The van der Waals surface area contributed by atoms with Crippen LogP contribution in [0.15, 0.2) is 0 Å². The molecule has 3 N–H and O–H groups in total. The quantitative estimate of drug-likeness (QED) is 0.599. The second-order valence-corrected chi connectivity index (χ2v) is 4.45. The highest BCUT2D eigenvalue weighted by molar-refractivity contribution is 7.17. The van der Waals surface area contributed by atoms with Crippen LogP contribution in [0.5, 0.6) is 0 Å². The van der Waals surface area contributed by atoms with Gasteiger partial charge in [-0.05, 0) is 6.42 Å². The topological polar surface area (TPSA) is 97.4 Å². The molecule has 1 aromatic rings. The molecule has 0 spiro atoms. The molecule has 1 rings (SSSR count). The molecule has 0 amide bonds. The molecule has 6 nitrogen and oxygen atoms in total. The Hall–Kier alpha value is -1.78. The summed E-state index contributed by atoms with van der Waals surface area (Å²) in [6.45, 7) is 1.25. The Morgan fingerprint density at radius 1 is 1.56 bits per heavy atom. The summed E-state index contributed by atoms with van der Waals surface area (Å²) in [4.78, 5) is 11.9. The number of ether oxygens (including phenoxy) is 2. The maximum absolute atomic E-state index is 11.6. The molecule has 0 unspecified atom stereocenters. The van der Waals surface area contributed by atoms with Crippen LogP contribution in [-0.2, 0) is 9.47 Å². The van der Waals surface area contributed by atoms with Crippen LogP contribution >= 0.6 is 11.3 Å². The number of carbonyl (C=O) groups is 1. The zero-order valence-corrected chi connectivity index (χ0v) is 11.1. The minimum absolute atomic E-state index is 0.170. The molecule has 0 aliphatic carbocycles. The highest BCUT2D eigenvalue weighted by Crippen LogP contribution is 2.35. The molecule has 0 radical (unpaired) electrons. The molecular weight excluding hydrogens is 254 g/mol. The first-order valence-electron chi connectivity index (χ1n) is 5.29. The zero-order valence-electron chi connectivity index (χ0n) is 10.3. The maximum Gasteiger partial charge on any atom is 0.343 e. The normalized spacial score (nSPS) is 9.83. The van der Waals surface area contributed by atoms with E-state index >= 15 is 0 Å². The Bertz CT molecular complexity index is 465.